The first-order chi connectivity index (χ1) is 6.65. The minimum absolute atomic E-state index is 0.140. The van der Waals surface area contributed by atoms with E-state index in [4.69, 9.17) is 5.73 Å². The number of allylic oxidation sites excluding steroid dienone is 2. The molecule has 4 nitrogen and oxygen atoms in total. The maximum Gasteiger partial charge on any atom is 0.310 e. The van der Waals surface area contributed by atoms with Crippen molar-refractivity contribution < 1.29 is 14.3 Å². The monoisotopic (exact) mass is 195 g/mol. The minimum atomic E-state index is -0.391. The first-order valence-electron chi connectivity index (χ1n) is 4.70. The summed E-state index contributed by atoms with van der Waals surface area (Å²) in [5, 5.41) is 0. The molecule has 2 bridgehead atoms. The fraction of sp³-hybridized carbons (Fsp3) is 0.600. The van der Waals surface area contributed by atoms with Crippen LogP contribution >= 0.6 is 0 Å². The minimum Gasteiger partial charge on any atom is -0.469 e. The zero-order chi connectivity index (χ0) is 10.3. The molecule has 0 spiro atoms. The van der Waals surface area contributed by atoms with Crippen LogP contribution in [0.5, 0.6) is 0 Å². The Morgan fingerprint density at radius 1 is 1.29 bits per heavy atom. The molecule has 1 amide bonds. The molecule has 1 fully saturated rings. The molecule has 1 saturated carbocycles. The summed E-state index contributed by atoms with van der Waals surface area (Å²) in [6.45, 7) is 0. The van der Waals surface area contributed by atoms with Crippen molar-refractivity contribution in [3.8, 4) is 0 Å². The normalized spacial score (nSPS) is 38.6. The number of primary amides is 1. The molecule has 0 aromatic heterocycles. The van der Waals surface area contributed by atoms with Crippen molar-refractivity contribution in [2.45, 2.75) is 6.42 Å². The molecule has 2 aliphatic carbocycles. The number of rotatable bonds is 2. The van der Waals surface area contributed by atoms with Gasteiger partial charge in [0.2, 0.25) is 5.91 Å². The van der Waals surface area contributed by atoms with Gasteiger partial charge in [0, 0.05) is 0 Å². The highest BCUT2D eigenvalue weighted by molar-refractivity contribution is 5.86. The van der Waals surface area contributed by atoms with Crippen LogP contribution in [0.25, 0.3) is 0 Å². The van der Waals surface area contributed by atoms with Gasteiger partial charge in [-0.15, -0.1) is 0 Å². The molecule has 0 aliphatic heterocycles. The van der Waals surface area contributed by atoms with Crippen LogP contribution in [0.4, 0.5) is 0 Å². The Bertz CT molecular complexity index is 310. The predicted molar refractivity (Wildman–Crippen MR) is 48.9 cm³/mol. The Hall–Kier alpha value is -1.32. The van der Waals surface area contributed by atoms with Crippen molar-refractivity contribution in [3.05, 3.63) is 12.2 Å². The molecule has 0 aromatic rings. The zero-order valence-electron chi connectivity index (χ0n) is 7.97. The predicted octanol–water partition coefficient (Wildman–Crippen LogP) is 0.0830. The summed E-state index contributed by atoms with van der Waals surface area (Å²) in [5.41, 5.74) is 5.29. The van der Waals surface area contributed by atoms with Crippen molar-refractivity contribution in [2.24, 2.45) is 29.4 Å². The molecule has 0 aromatic carbocycles. The Balaban J connectivity index is 2.26. The number of hydrogen-bond acceptors (Lipinski definition) is 3. The number of carbonyl (C=O) groups excluding carboxylic acids is 2. The van der Waals surface area contributed by atoms with E-state index in [1.54, 1.807) is 0 Å². The first kappa shape index (κ1) is 9.24. The molecule has 2 aliphatic rings. The number of nitrogens with two attached hydrogens (primary N) is 1. The molecule has 4 heteroatoms. The Labute approximate surface area is 82.1 Å². The third-order valence-corrected chi connectivity index (χ3v) is 3.26. The van der Waals surface area contributed by atoms with Gasteiger partial charge in [-0.05, 0) is 18.3 Å². The lowest BCUT2D eigenvalue weighted by Gasteiger charge is -2.22. The highest BCUT2D eigenvalue weighted by Gasteiger charge is 2.51. The van der Waals surface area contributed by atoms with E-state index < -0.39 is 5.91 Å². The standard InChI is InChI=1S/C10H13NO3/c1-14-10(13)8-6-3-2-5(4-6)7(8)9(11)12/h2-3,5-8H,4H2,1H3,(H2,11,12)/t5-,6-,7+,8+/m0/s1. The summed E-state index contributed by atoms with van der Waals surface area (Å²) in [6.07, 6.45) is 4.83. The van der Waals surface area contributed by atoms with E-state index in [0.29, 0.717) is 0 Å². The second kappa shape index (κ2) is 3.12. The first-order valence-corrected chi connectivity index (χ1v) is 4.70. The summed E-state index contributed by atoms with van der Waals surface area (Å²) >= 11 is 0. The second-order valence-electron chi connectivity index (χ2n) is 3.93. The van der Waals surface area contributed by atoms with Crippen molar-refractivity contribution in [1.29, 1.82) is 0 Å². The molecule has 0 heterocycles. The SMILES string of the molecule is COC(=O)[C@H]1[C@H](C(N)=O)[C@H]2C=C[C@H]1C2. The van der Waals surface area contributed by atoms with Gasteiger partial charge in [0.1, 0.15) is 0 Å². The molecular formula is C10H13NO3. The van der Waals surface area contributed by atoms with Gasteiger partial charge < -0.3 is 10.5 Å². The van der Waals surface area contributed by atoms with Crippen LogP contribution < -0.4 is 5.73 Å². The second-order valence-corrected chi connectivity index (χ2v) is 3.93. The lowest BCUT2D eigenvalue weighted by molar-refractivity contribution is -0.150. The highest BCUT2D eigenvalue weighted by atomic mass is 16.5. The average Bonchev–Trinajstić information content (AvgIpc) is 2.74. The number of carbonyl (C=O) groups is 2. The van der Waals surface area contributed by atoms with Crippen LogP contribution in [0.15, 0.2) is 12.2 Å². The number of methoxy groups -OCH3 is 1. The number of esters is 1. The van der Waals surface area contributed by atoms with Gasteiger partial charge in [0.25, 0.3) is 0 Å². The molecule has 14 heavy (non-hydrogen) atoms. The van der Waals surface area contributed by atoms with E-state index in [9.17, 15) is 9.59 Å². The Morgan fingerprint density at radius 3 is 2.36 bits per heavy atom. The van der Waals surface area contributed by atoms with E-state index in [1.807, 2.05) is 12.2 Å². The molecule has 4 atom stereocenters. The topological polar surface area (TPSA) is 69.4 Å². The van der Waals surface area contributed by atoms with Gasteiger partial charge in [-0.1, -0.05) is 12.2 Å². The van der Waals surface area contributed by atoms with Gasteiger partial charge in [-0.25, -0.2) is 0 Å². The summed E-state index contributed by atoms with van der Waals surface area (Å²) < 4.78 is 4.69. The van der Waals surface area contributed by atoms with Crippen LogP contribution in [0.3, 0.4) is 0 Å². The molecule has 0 radical (unpaired) electrons. The zero-order valence-corrected chi connectivity index (χ0v) is 7.97. The molecule has 2 N–H and O–H groups in total. The van der Waals surface area contributed by atoms with Crippen LogP contribution in [0, 0.1) is 23.7 Å². The smallest absolute Gasteiger partial charge is 0.310 e. The fourth-order valence-electron chi connectivity index (χ4n) is 2.67. The third-order valence-electron chi connectivity index (χ3n) is 3.26. The molecule has 0 saturated heterocycles. The summed E-state index contributed by atoms with van der Waals surface area (Å²) in [4.78, 5) is 22.7. The molecule has 2 rings (SSSR count). The van der Waals surface area contributed by atoms with Crippen molar-refractivity contribution in [2.75, 3.05) is 7.11 Å². The van der Waals surface area contributed by atoms with E-state index in [-0.39, 0.29) is 29.6 Å². The summed E-state index contributed by atoms with van der Waals surface area (Å²) in [6, 6.07) is 0. The molecular weight excluding hydrogens is 182 g/mol. The Morgan fingerprint density at radius 2 is 1.86 bits per heavy atom. The molecule has 0 unspecified atom stereocenters. The number of ether oxygens (including phenoxy) is 1. The van der Waals surface area contributed by atoms with E-state index in [0.717, 1.165) is 6.42 Å². The largest absolute Gasteiger partial charge is 0.469 e. The van der Waals surface area contributed by atoms with Crippen LogP contribution in [0.1, 0.15) is 6.42 Å². The quantitative estimate of drug-likeness (QED) is 0.501. The lowest BCUT2D eigenvalue weighted by atomic mass is 9.82. The average molecular weight is 195 g/mol. The maximum absolute atomic E-state index is 11.5. The van der Waals surface area contributed by atoms with E-state index in [1.165, 1.54) is 7.11 Å². The van der Waals surface area contributed by atoms with Crippen LogP contribution in [0.2, 0.25) is 0 Å². The summed E-state index contributed by atoms with van der Waals surface area (Å²) in [7, 11) is 1.34. The van der Waals surface area contributed by atoms with Crippen molar-refractivity contribution >= 4 is 11.9 Å². The third kappa shape index (κ3) is 1.14. The maximum atomic E-state index is 11.5. The van der Waals surface area contributed by atoms with E-state index in [2.05, 4.69) is 4.74 Å². The Kier molecular flexibility index (Phi) is 2.06. The molecule has 76 valence electrons. The summed E-state index contributed by atoms with van der Waals surface area (Å²) in [5.74, 6) is -1.14. The van der Waals surface area contributed by atoms with Crippen LogP contribution in [-0.2, 0) is 14.3 Å². The lowest BCUT2D eigenvalue weighted by Crippen LogP contribution is -2.37. The van der Waals surface area contributed by atoms with Gasteiger partial charge in [0.05, 0.1) is 18.9 Å². The van der Waals surface area contributed by atoms with E-state index >= 15 is 0 Å². The number of amides is 1. The highest BCUT2D eigenvalue weighted by Crippen LogP contribution is 2.48. The number of fused-ring (bicyclic) bond motifs is 2. The van der Waals surface area contributed by atoms with Crippen LogP contribution in [-0.4, -0.2) is 19.0 Å². The van der Waals surface area contributed by atoms with Gasteiger partial charge >= 0.3 is 5.97 Å². The van der Waals surface area contributed by atoms with Gasteiger partial charge in [0.15, 0.2) is 0 Å². The van der Waals surface area contributed by atoms with Gasteiger partial charge in [-0.3, -0.25) is 9.59 Å². The number of hydrogen-bond donors (Lipinski definition) is 1. The fourth-order valence-corrected chi connectivity index (χ4v) is 2.67. The van der Waals surface area contributed by atoms with Crippen molar-refractivity contribution in [1.82, 2.24) is 0 Å². The van der Waals surface area contributed by atoms with Crippen molar-refractivity contribution in [3.63, 3.8) is 0 Å². The van der Waals surface area contributed by atoms with Gasteiger partial charge in [-0.2, -0.15) is 0 Å².